The van der Waals surface area contributed by atoms with Crippen LogP contribution in [0, 0.1) is 20.8 Å². The predicted octanol–water partition coefficient (Wildman–Crippen LogP) is 4.58. The number of halogens is 1. The van der Waals surface area contributed by atoms with Gasteiger partial charge in [0.2, 0.25) is 0 Å². The maximum absolute atomic E-state index is 9.02. The molecule has 2 aliphatic rings. The maximum Gasteiger partial charge on any atom is 0.0991 e. The van der Waals surface area contributed by atoms with E-state index in [1.807, 2.05) is 12.1 Å². The molecule has 4 rings (SSSR count). The molecule has 2 aromatic rings. The van der Waals surface area contributed by atoms with Crippen molar-refractivity contribution in [1.29, 1.82) is 5.26 Å². The van der Waals surface area contributed by atoms with Crippen molar-refractivity contribution in [2.75, 3.05) is 11.9 Å². The monoisotopic (exact) mass is 416 g/mol. The molecule has 1 saturated heterocycles. The van der Waals surface area contributed by atoms with E-state index in [-0.39, 0.29) is 11.6 Å². The fourth-order valence-corrected chi connectivity index (χ4v) is 4.44. The van der Waals surface area contributed by atoms with Gasteiger partial charge >= 0.3 is 0 Å². The van der Waals surface area contributed by atoms with Crippen molar-refractivity contribution in [2.45, 2.75) is 25.0 Å². The molecule has 2 aromatic carbocycles. The van der Waals surface area contributed by atoms with Gasteiger partial charge in [-0.2, -0.15) is 5.26 Å². The van der Waals surface area contributed by atoms with Crippen LogP contribution in [-0.4, -0.2) is 6.61 Å². The minimum absolute atomic E-state index is 0.140. The summed E-state index contributed by atoms with van der Waals surface area (Å²) in [6.07, 6.45) is 1.18. The minimum atomic E-state index is -0.186. The van der Waals surface area contributed by atoms with E-state index in [0.717, 1.165) is 18.7 Å². The number of fused-ring (bicyclic) bond motifs is 3. The molecule has 1 fully saturated rings. The summed E-state index contributed by atoms with van der Waals surface area (Å²) in [6, 6.07) is 16.6. The Kier molecular flexibility index (Phi) is 3.58. The molecule has 23 heavy (non-hydrogen) atoms. The van der Waals surface area contributed by atoms with Crippen LogP contribution in [0.15, 0.2) is 42.5 Å². The zero-order valence-electron chi connectivity index (χ0n) is 12.8. The number of nitrogens with one attached hydrogen (secondary N) is 1. The first-order valence-electron chi connectivity index (χ1n) is 7.82. The van der Waals surface area contributed by atoms with Crippen LogP contribution in [0.1, 0.15) is 36.1 Å². The van der Waals surface area contributed by atoms with Gasteiger partial charge in [0, 0.05) is 27.3 Å². The lowest BCUT2D eigenvalue weighted by molar-refractivity contribution is 0.0685. The van der Waals surface area contributed by atoms with Crippen LogP contribution in [0.3, 0.4) is 0 Å². The summed E-state index contributed by atoms with van der Waals surface area (Å²) in [4.78, 5) is 0. The number of hydrogen-bond acceptors (Lipinski definition) is 3. The van der Waals surface area contributed by atoms with E-state index in [1.54, 1.807) is 0 Å². The van der Waals surface area contributed by atoms with Crippen molar-refractivity contribution < 1.29 is 4.74 Å². The Morgan fingerprint density at radius 1 is 1.26 bits per heavy atom. The Bertz CT molecular complexity index is 796. The predicted molar refractivity (Wildman–Crippen MR) is 98.1 cm³/mol. The van der Waals surface area contributed by atoms with Crippen molar-refractivity contribution in [1.82, 2.24) is 0 Å². The van der Waals surface area contributed by atoms with Gasteiger partial charge in [0.05, 0.1) is 23.3 Å². The quantitative estimate of drug-likeness (QED) is 0.693. The molecule has 1 N–H and O–H groups in total. The van der Waals surface area contributed by atoms with Gasteiger partial charge in [-0.3, -0.25) is 0 Å². The first kappa shape index (κ1) is 15.0. The van der Waals surface area contributed by atoms with Gasteiger partial charge in [-0.05, 0) is 71.8 Å². The summed E-state index contributed by atoms with van der Waals surface area (Å²) in [5.74, 6) is 0.390. The highest BCUT2D eigenvalue weighted by Crippen LogP contribution is 2.53. The second-order valence-corrected chi connectivity index (χ2v) is 7.68. The van der Waals surface area contributed by atoms with Gasteiger partial charge in [0.1, 0.15) is 0 Å². The molecule has 2 heterocycles. The second-order valence-electron chi connectivity index (χ2n) is 6.43. The minimum Gasteiger partial charge on any atom is -0.375 e. The second kappa shape index (κ2) is 5.50. The Morgan fingerprint density at radius 3 is 2.78 bits per heavy atom. The molecule has 0 amide bonds. The molecule has 0 aromatic heterocycles. The summed E-state index contributed by atoms with van der Waals surface area (Å²) in [6.45, 7) is 3.05. The van der Waals surface area contributed by atoms with E-state index in [0.29, 0.717) is 11.5 Å². The molecular weight excluding hydrogens is 399 g/mol. The van der Waals surface area contributed by atoms with Gasteiger partial charge in [-0.25, -0.2) is 0 Å². The zero-order chi connectivity index (χ0) is 16.0. The smallest absolute Gasteiger partial charge is 0.0991 e. The van der Waals surface area contributed by atoms with E-state index in [9.17, 15) is 0 Å². The largest absolute Gasteiger partial charge is 0.375 e. The van der Waals surface area contributed by atoms with Crippen molar-refractivity contribution in [3.63, 3.8) is 0 Å². The summed E-state index contributed by atoms with van der Waals surface area (Å²) < 4.78 is 7.34. The van der Waals surface area contributed by atoms with Gasteiger partial charge in [0.25, 0.3) is 0 Å². The maximum atomic E-state index is 9.02. The molecule has 0 saturated carbocycles. The number of rotatable bonds is 1. The highest BCUT2D eigenvalue weighted by molar-refractivity contribution is 14.1. The van der Waals surface area contributed by atoms with Gasteiger partial charge < -0.3 is 10.1 Å². The molecular formula is C19H17IN2O. The molecule has 4 heteroatoms. The Labute approximate surface area is 149 Å². The lowest BCUT2D eigenvalue weighted by Crippen LogP contribution is -2.44. The van der Waals surface area contributed by atoms with Crippen molar-refractivity contribution >= 4 is 28.3 Å². The fraction of sp³-hybridized carbons (Fsp3) is 0.316. The third-order valence-electron chi connectivity index (χ3n) is 5.16. The summed E-state index contributed by atoms with van der Waals surface area (Å²) in [7, 11) is 0. The van der Waals surface area contributed by atoms with Crippen molar-refractivity contribution in [2.24, 2.45) is 5.92 Å². The van der Waals surface area contributed by atoms with E-state index < -0.39 is 0 Å². The molecule has 3 nitrogen and oxygen atoms in total. The van der Waals surface area contributed by atoms with E-state index in [1.165, 1.54) is 14.7 Å². The van der Waals surface area contributed by atoms with Crippen LogP contribution in [0.5, 0.6) is 0 Å². The number of nitrogens with zero attached hydrogens (tertiary/aromatic N) is 1. The van der Waals surface area contributed by atoms with Crippen molar-refractivity contribution in [3.05, 3.63) is 62.7 Å². The first-order chi connectivity index (χ1) is 11.1. The number of hydrogen-bond donors (Lipinski definition) is 1. The lowest BCUT2D eigenvalue weighted by Gasteiger charge is -2.45. The Morgan fingerprint density at radius 2 is 2.04 bits per heavy atom. The Hall–Kier alpha value is -1.58. The van der Waals surface area contributed by atoms with Crippen LogP contribution in [0.4, 0.5) is 5.69 Å². The van der Waals surface area contributed by atoms with Gasteiger partial charge in [0.15, 0.2) is 0 Å². The highest BCUT2D eigenvalue weighted by Gasteiger charge is 2.48. The summed E-state index contributed by atoms with van der Waals surface area (Å²) >= 11 is 2.35. The van der Waals surface area contributed by atoms with E-state index in [2.05, 4.69) is 71.2 Å². The molecule has 0 unspecified atom stereocenters. The van der Waals surface area contributed by atoms with Crippen LogP contribution in [0.25, 0.3) is 0 Å². The summed E-state index contributed by atoms with van der Waals surface area (Å²) in [5.41, 5.74) is 4.14. The number of benzene rings is 2. The molecule has 116 valence electrons. The van der Waals surface area contributed by atoms with Crippen molar-refractivity contribution in [3.8, 4) is 6.07 Å². The highest BCUT2D eigenvalue weighted by atomic mass is 127. The molecule has 0 spiro atoms. The summed E-state index contributed by atoms with van der Waals surface area (Å²) in [5, 5.41) is 12.8. The fourth-order valence-electron chi connectivity index (χ4n) is 3.92. The molecule has 0 radical (unpaired) electrons. The average Bonchev–Trinajstić information content (AvgIpc) is 3.07. The van der Waals surface area contributed by atoms with Crippen LogP contribution in [0.2, 0.25) is 0 Å². The number of anilines is 1. The SMILES string of the molecule is C[C@]1(c2ccc(C#N)cc2)Nc2ccc(I)cc2[C@@H]2OCC[C@H]21. The number of nitriles is 1. The third kappa shape index (κ3) is 2.34. The Balaban J connectivity index is 1.82. The normalized spacial score (nSPS) is 28.4. The topological polar surface area (TPSA) is 45.0 Å². The van der Waals surface area contributed by atoms with E-state index >= 15 is 0 Å². The molecule has 0 aliphatic carbocycles. The van der Waals surface area contributed by atoms with E-state index in [4.69, 9.17) is 10.00 Å². The molecule has 0 bridgehead atoms. The standard InChI is InChI=1S/C19H17IN2O/c1-19(13-4-2-12(11-21)3-5-13)16-8-9-23-18(16)15-10-14(20)6-7-17(15)22-19/h2-7,10,16,18,22H,8-9H2,1H3/t16-,18+,19-/m1/s1. The molecule has 3 atom stereocenters. The van der Waals surface area contributed by atoms with Gasteiger partial charge in [-0.15, -0.1) is 0 Å². The van der Waals surface area contributed by atoms with Crippen LogP contribution >= 0.6 is 22.6 Å². The lowest BCUT2D eigenvalue weighted by atomic mass is 9.71. The first-order valence-corrected chi connectivity index (χ1v) is 8.89. The zero-order valence-corrected chi connectivity index (χ0v) is 15.0. The average molecular weight is 416 g/mol. The van der Waals surface area contributed by atoms with Crippen LogP contribution in [-0.2, 0) is 10.3 Å². The van der Waals surface area contributed by atoms with Crippen LogP contribution < -0.4 is 5.32 Å². The third-order valence-corrected chi connectivity index (χ3v) is 5.83. The molecule has 2 aliphatic heterocycles. The van der Waals surface area contributed by atoms with Gasteiger partial charge in [-0.1, -0.05) is 12.1 Å². The number of ether oxygens (including phenoxy) is 1.